The van der Waals surface area contributed by atoms with Crippen LogP contribution in [-0.4, -0.2) is 53.9 Å². The molecule has 5 heteroatoms. The number of nitrogens with zero attached hydrogens (tertiary/aromatic N) is 2. The standard InChI is InChI=1S/C18H28N2O2S/c1-3-11-23-12-5-10-20(4-2)14-17(21)15-22-18-8-6-16(13-19)7-9-18/h6-9,17,21H,3-5,10-12,14-15H2,1-2H3. The van der Waals surface area contributed by atoms with E-state index in [9.17, 15) is 5.11 Å². The molecule has 0 saturated heterocycles. The van der Waals surface area contributed by atoms with Crippen LogP contribution in [-0.2, 0) is 0 Å². The Balaban J connectivity index is 2.24. The fourth-order valence-electron chi connectivity index (χ4n) is 2.18. The van der Waals surface area contributed by atoms with Gasteiger partial charge in [-0.1, -0.05) is 13.8 Å². The summed E-state index contributed by atoms with van der Waals surface area (Å²) in [6.45, 7) is 7.18. The van der Waals surface area contributed by atoms with Gasteiger partial charge in [0.2, 0.25) is 0 Å². The maximum Gasteiger partial charge on any atom is 0.119 e. The van der Waals surface area contributed by atoms with E-state index in [1.54, 1.807) is 24.3 Å². The van der Waals surface area contributed by atoms with Crippen LogP contribution in [0.2, 0.25) is 0 Å². The van der Waals surface area contributed by atoms with Crippen LogP contribution in [0.3, 0.4) is 0 Å². The van der Waals surface area contributed by atoms with Crippen molar-refractivity contribution >= 4 is 11.8 Å². The zero-order valence-corrected chi connectivity index (χ0v) is 15.0. The molecule has 1 N–H and O–H groups in total. The van der Waals surface area contributed by atoms with Gasteiger partial charge in [-0.2, -0.15) is 17.0 Å². The Labute approximate surface area is 144 Å². The van der Waals surface area contributed by atoms with E-state index >= 15 is 0 Å². The van der Waals surface area contributed by atoms with Crippen molar-refractivity contribution in [1.82, 2.24) is 4.90 Å². The number of likely N-dealkylation sites (N-methyl/N-ethyl adjacent to an activating group) is 1. The molecule has 0 aliphatic heterocycles. The Morgan fingerprint density at radius 3 is 2.61 bits per heavy atom. The maximum absolute atomic E-state index is 10.1. The molecule has 1 aromatic rings. The van der Waals surface area contributed by atoms with E-state index in [1.807, 2.05) is 11.8 Å². The lowest BCUT2D eigenvalue weighted by molar-refractivity contribution is 0.0700. The smallest absolute Gasteiger partial charge is 0.119 e. The molecule has 1 atom stereocenters. The van der Waals surface area contributed by atoms with Crippen LogP contribution < -0.4 is 4.74 Å². The number of thioether (sulfide) groups is 1. The van der Waals surface area contributed by atoms with Crippen molar-refractivity contribution < 1.29 is 9.84 Å². The number of aliphatic hydroxyl groups excluding tert-OH is 1. The van der Waals surface area contributed by atoms with Gasteiger partial charge < -0.3 is 14.7 Å². The number of hydrogen-bond acceptors (Lipinski definition) is 5. The molecule has 0 spiro atoms. The Morgan fingerprint density at radius 2 is 2.00 bits per heavy atom. The van der Waals surface area contributed by atoms with Gasteiger partial charge in [-0.3, -0.25) is 0 Å². The molecule has 0 heterocycles. The number of rotatable bonds is 12. The first kappa shape index (κ1) is 19.8. The minimum absolute atomic E-state index is 0.271. The average molecular weight is 337 g/mol. The molecule has 1 unspecified atom stereocenters. The summed E-state index contributed by atoms with van der Waals surface area (Å²) in [5, 5.41) is 18.9. The summed E-state index contributed by atoms with van der Waals surface area (Å²) in [6, 6.07) is 9.02. The Bertz CT molecular complexity index is 459. The Kier molecular flexibility index (Phi) is 10.5. The zero-order valence-electron chi connectivity index (χ0n) is 14.2. The predicted molar refractivity (Wildman–Crippen MR) is 97.0 cm³/mol. The number of benzene rings is 1. The van der Waals surface area contributed by atoms with Crippen LogP contribution in [0.4, 0.5) is 0 Å². The molecule has 128 valence electrons. The highest BCUT2D eigenvalue weighted by Gasteiger charge is 2.11. The number of hydrogen-bond donors (Lipinski definition) is 1. The van der Waals surface area contributed by atoms with Gasteiger partial charge >= 0.3 is 0 Å². The van der Waals surface area contributed by atoms with Crippen molar-refractivity contribution in [1.29, 1.82) is 5.26 Å². The Morgan fingerprint density at radius 1 is 1.26 bits per heavy atom. The summed E-state index contributed by atoms with van der Waals surface area (Å²) in [4.78, 5) is 2.26. The van der Waals surface area contributed by atoms with Crippen molar-refractivity contribution in [2.45, 2.75) is 32.8 Å². The molecular weight excluding hydrogens is 308 g/mol. The highest BCUT2D eigenvalue weighted by atomic mass is 32.2. The summed E-state index contributed by atoms with van der Waals surface area (Å²) in [7, 11) is 0. The average Bonchev–Trinajstić information content (AvgIpc) is 2.59. The second-order valence-corrected chi connectivity index (χ2v) is 6.68. The van der Waals surface area contributed by atoms with E-state index in [0.29, 0.717) is 17.9 Å². The third-order valence-electron chi connectivity index (χ3n) is 3.45. The van der Waals surface area contributed by atoms with Crippen LogP contribution in [0.5, 0.6) is 5.75 Å². The van der Waals surface area contributed by atoms with Gasteiger partial charge in [-0.05, 0) is 61.7 Å². The fraction of sp³-hybridized carbons (Fsp3) is 0.611. The van der Waals surface area contributed by atoms with Crippen LogP contribution in [0.15, 0.2) is 24.3 Å². The second-order valence-electron chi connectivity index (χ2n) is 5.46. The van der Waals surface area contributed by atoms with E-state index in [2.05, 4.69) is 24.8 Å². The SMILES string of the molecule is CCCSCCCN(CC)CC(O)COc1ccc(C#N)cc1. The minimum atomic E-state index is -0.506. The molecule has 0 bridgehead atoms. The van der Waals surface area contributed by atoms with Gasteiger partial charge in [-0.25, -0.2) is 0 Å². The Hall–Kier alpha value is -1.22. The number of nitriles is 1. The lowest BCUT2D eigenvalue weighted by atomic mass is 10.2. The highest BCUT2D eigenvalue weighted by Crippen LogP contribution is 2.12. The molecule has 0 radical (unpaired) electrons. The molecule has 1 aromatic carbocycles. The van der Waals surface area contributed by atoms with Gasteiger partial charge in [0, 0.05) is 6.54 Å². The normalized spacial score (nSPS) is 12.1. The van der Waals surface area contributed by atoms with E-state index in [4.69, 9.17) is 10.00 Å². The van der Waals surface area contributed by atoms with E-state index in [1.165, 1.54) is 17.9 Å². The predicted octanol–water partition coefficient (Wildman–Crippen LogP) is 3.15. The van der Waals surface area contributed by atoms with Gasteiger partial charge in [0.25, 0.3) is 0 Å². The van der Waals surface area contributed by atoms with Crippen molar-refractivity contribution in [3.63, 3.8) is 0 Å². The quantitative estimate of drug-likeness (QED) is 0.594. The third kappa shape index (κ3) is 8.85. The molecule has 23 heavy (non-hydrogen) atoms. The molecule has 0 aliphatic rings. The maximum atomic E-state index is 10.1. The largest absolute Gasteiger partial charge is 0.491 e. The summed E-state index contributed by atoms with van der Waals surface area (Å²) >= 11 is 2.00. The fourth-order valence-corrected chi connectivity index (χ4v) is 3.01. The number of aliphatic hydroxyl groups is 1. The van der Waals surface area contributed by atoms with Gasteiger partial charge in [0.05, 0.1) is 11.6 Å². The first-order valence-corrected chi connectivity index (χ1v) is 9.46. The van der Waals surface area contributed by atoms with Crippen LogP contribution >= 0.6 is 11.8 Å². The van der Waals surface area contributed by atoms with Gasteiger partial charge in [0.1, 0.15) is 18.5 Å². The monoisotopic (exact) mass is 336 g/mol. The second kappa shape index (κ2) is 12.2. The molecule has 4 nitrogen and oxygen atoms in total. The summed E-state index contributed by atoms with van der Waals surface area (Å²) in [6.07, 6.45) is 1.88. The first-order valence-electron chi connectivity index (χ1n) is 8.30. The van der Waals surface area contributed by atoms with Crippen molar-refractivity contribution in [2.75, 3.05) is 37.7 Å². The first-order chi connectivity index (χ1) is 11.2. The molecule has 0 aromatic heterocycles. The van der Waals surface area contributed by atoms with Crippen molar-refractivity contribution in [2.24, 2.45) is 0 Å². The lowest BCUT2D eigenvalue weighted by Crippen LogP contribution is -2.36. The van der Waals surface area contributed by atoms with Gasteiger partial charge in [0.15, 0.2) is 0 Å². The molecule has 0 aliphatic carbocycles. The lowest BCUT2D eigenvalue weighted by Gasteiger charge is -2.23. The number of ether oxygens (including phenoxy) is 1. The summed E-state index contributed by atoms with van der Waals surface area (Å²) in [5.41, 5.74) is 0.607. The molecule has 0 amide bonds. The van der Waals surface area contributed by atoms with Crippen molar-refractivity contribution in [3.05, 3.63) is 29.8 Å². The van der Waals surface area contributed by atoms with E-state index < -0.39 is 6.10 Å². The van der Waals surface area contributed by atoms with E-state index in [0.717, 1.165) is 19.5 Å². The molecular formula is C18H28N2O2S. The highest BCUT2D eigenvalue weighted by molar-refractivity contribution is 7.99. The molecule has 0 fully saturated rings. The topological polar surface area (TPSA) is 56.5 Å². The van der Waals surface area contributed by atoms with E-state index in [-0.39, 0.29) is 6.61 Å². The van der Waals surface area contributed by atoms with Crippen LogP contribution in [0, 0.1) is 11.3 Å². The van der Waals surface area contributed by atoms with Crippen LogP contribution in [0.1, 0.15) is 32.3 Å². The summed E-state index contributed by atoms with van der Waals surface area (Å²) < 4.78 is 5.58. The molecule has 0 saturated carbocycles. The summed E-state index contributed by atoms with van der Waals surface area (Å²) in [5.74, 6) is 3.09. The van der Waals surface area contributed by atoms with Crippen molar-refractivity contribution in [3.8, 4) is 11.8 Å². The zero-order chi connectivity index (χ0) is 16.9. The minimum Gasteiger partial charge on any atom is -0.491 e. The molecule has 1 rings (SSSR count). The van der Waals surface area contributed by atoms with Crippen LogP contribution in [0.25, 0.3) is 0 Å². The van der Waals surface area contributed by atoms with Gasteiger partial charge in [-0.15, -0.1) is 0 Å². The third-order valence-corrected chi connectivity index (χ3v) is 4.73.